The molecule has 0 amide bonds. The first kappa shape index (κ1) is 13.8. The normalized spacial score (nSPS) is 20.7. The molecule has 1 heterocycles. The van der Waals surface area contributed by atoms with Crippen LogP contribution in [0.2, 0.25) is 0 Å². The minimum atomic E-state index is -0.264. The summed E-state index contributed by atoms with van der Waals surface area (Å²) in [5.74, 6) is 0. The zero-order valence-corrected chi connectivity index (χ0v) is 12.7. The first-order valence-electron chi connectivity index (χ1n) is 6.69. The molecule has 1 atom stereocenters. The molecule has 1 N–H and O–H groups in total. The molecule has 0 aromatic carbocycles. The van der Waals surface area contributed by atoms with Gasteiger partial charge in [0.25, 0.3) is 0 Å². The predicted octanol–water partition coefficient (Wildman–Crippen LogP) is 3.15. The van der Waals surface area contributed by atoms with Crippen molar-refractivity contribution < 1.29 is 5.11 Å². The molecule has 4 heteroatoms. The maximum atomic E-state index is 9.82. The first-order chi connectivity index (χ1) is 8.61. The Morgan fingerprint density at radius 3 is 2.94 bits per heavy atom. The molecule has 0 saturated carbocycles. The van der Waals surface area contributed by atoms with Crippen LogP contribution in [0, 0.1) is 0 Å². The third kappa shape index (κ3) is 3.04. The maximum absolute atomic E-state index is 9.82. The SMILES string of the molecule is CCc1nn(C)c(CC2=CC(O)CCCC2)c1Br. The van der Waals surface area contributed by atoms with Gasteiger partial charge in [-0.15, -0.1) is 0 Å². The number of aliphatic hydroxyl groups is 1. The van der Waals surface area contributed by atoms with E-state index in [9.17, 15) is 5.11 Å². The van der Waals surface area contributed by atoms with E-state index in [0.29, 0.717) is 0 Å². The third-order valence-electron chi connectivity index (χ3n) is 3.57. The smallest absolute Gasteiger partial charge is 0.0766 e. The Kier molecular flexibility index (Phi) is 4.62. The van der Waals surface area contributed by atoms with Crippen molar-refractivity contribution >= 4 is 15.9 Å². The number of hydrogen-bond acceptors (Lipinski definition) is 2. The van der Waals surface area contributed by atoms with Gasteiger partial charge in [-0.25, -0.2) is 0 Å². The Bertz CT molecular complexity index is 451. The van der Waals surface area contributed by atoms with E-state index in [1.807, 2.05) is 17.8 Å². The number of aliphatic hydroxyl groups excluding tert-OH is 1. The molecule has 100 valence electrons. The second-order valence-corrected chi connectivity index (χ2v) is 5.79. The van der Waals surface area contributed by atoms with E-state index < -0.39 is 0 Å². The number of halogens is 1. The molecule has 2 rings (SSSR count). The van der Waals surface area contributed by atoms with Crippen molar-refractivity contribution in [1.29, 1.82) is 0 Å². The summed E-state index contributed by atoms with van der Waals surface area (Å²) in [6.45, 7) is 2.12. The summed E-state index contributed by atoms with van der Waals surface area (Å²) in [4.78, 5) is 0. The van der Waals surface area contributed by atoms with Crippen molar-refractivity contribution in [3.8, 4) is 0 Å². The first-order valence-corrected chi connectivity index (χ1v) is 7.49. The van der Waals surface area contributed by atoms with Crippen molar-refractivity contribution in [2.24, 2.45) is 7.05 Å². The van der Waals surface area contributed by atoms with Gasteiger partial charge in [0.2, 0.25) is 0 Å². The monoisotopic (exact) mass is 312 g/mol. The van der Waals surface area contributed by atoms with Crippen LogP contribution in [0.25, 0.3) is 0 Å². The van der Waals surface area contributed by atoms with Crippen LogP contribution < -0.4 is 0 Å². The standard InChI is InChI=1S/C14H21BrN2O/c1-3-12-14(15)13(17(2)16-12)9-10-6-4-5-7-11(18)8-10/h8,11,18H,3-7,9H2,1-2H3. The van der Waals surface area contributed by atoms with E-state index in [4.69, 9.17) is 0 Å². The molecule has 1 aromatic rings. The van der Waals surface area contributed by atoms with Gasteiger partial charge in [0.05, 0.1) is 22.0 Å². The zero-order valence-electron chi connectivity index (χ0n) is 11.1. The van der Waals surface area contributed by atoms with Gasteiger partial charge < -0.3 is 5.11 Å². The largest absolute Gasteiger partial charge is 0.389 e. The number of allylic oxidation sites excluding steroid dienone is 1. The molecule has 0 radical (unpaired) electrons. The van der Waals surface area contributed by atoms with Crippen LogP contribution in [0.1, 0.15) is 44.0 Å². The molecule has 1 aliphatic rings. The van der Waals surface area contributed by atoms with Gasteiger partial charge in [-0.1, -0.05) is 25.0 Å². The number of rotatable bonds is 3. The summed E-state index contributed by atoms with van der Waals surface area (Å²) < 4.78 is 3.09. The lowest BCUT2D eigenvalue weighted by atomic mass is 10.0. The quantitative estimate of drug-likeness (QED) is 0.871. The highest BCUT2D eigenvalue weighted by Gasteiger charge is 2.16. The summed E-state index contributed by atoms with van der Waals surface area (Å²) in [6.07, 6.45) is 7.90. The molecule has 18 heavy (non-hydrogen) atoms. The molecule has 0 spiro atoms. The van der Waals surface area contributed by atoms with E-state index in [1.54, 1.807) is 0 Å². The minimum Gasteiger partial charge on any atom is -0.389 e. The average molecular weight is 313 g/mol. The Morgan fingerprint density at radius 1 is 1.50 bits per heavy atom. The second-order valence-electron chi connectivity index (χ2n) is 5.00. The van der Waals surface area contributed by atoms with Crippen molar-refractivity contribution in [2.45, 2.75) is 51.6 Å². The van der Waals surface area contributed by atoms with Crippen molar-refractivity contribution in [3.63, 3.8) is 0 Å². The number of nitrogens with zero attached hydrogens (tertiary/aromatic N) is 2. The van der Waals surface area contributed by atoms with Crippen LogP contribution in [-0.2, 0) is 19.9 Å². The summed E-state index contributed by atoms with van der Waals surface area (Å²) in [5, 5.41) is 14.3. The molecular weight excluding hydrogens is 292 g/mol. The van der Waals surface area contributed by atoms with Crippen molar-refractivity contribution in [3.05, 3.63) is 27.5 Å². The van der Waals surface area contributed by atoms with E-state index in [1.165, 1.54) is 17.7 Å². The molecule has 0 bridgehead atoms. The van der Waals surface area contributed by atoms with Crippen molar-refractivity contribution in [2.75, 3.05) is 0 Å². The molecular formula is C14H21BrN2O. The van der Waals surface area contributed by atoms with Crippen LogP contribution >= 0.6 is 15.9 Å². The van der Waals surface area contributed by atoms with Gasteiger partial charge in [-0.05, 0) is 41.6 Å². The van der Waals surface area contributed by atoms with E-state index in [2.05, 4.69) is 28.0 Å². The van der Waals surface area contributed by atoms with Crippen LogP contribution in [-0.4, -0.2) is 21.0 Å². The van der Waals surface area contributed by atoms with Gasteiger partial charge >= 0.3 is 0 Å². The fourth-order valence-corrected chi connectivity index (χ4v) is 3.28. The topological polar surface area (TPSA) is 38.0 Å². The number of hydrogen-bond donors (Lipinski definition) is 1. The van der Waals surface area contributed by atoms with E-state index in [0.717, 1.165) is 42.3 Å². The fourth-order valence-electron chi connectivity index (χ4n) is 2.52. The highest BCUT2D eigenvalue weighted by molar-refractivity contribution is 9.10. The highest BCUT2D eigenvalue weighted by Crippen LogP contribution is 2.27. The molecule has 0 aliphatic heterocycles. The summed E-state index contributed by atoms with van der Waals surface area (Å²) in [6, 6.07) is 0. The molecule has 0 fully saturated rings. The van der Waals surface area contributed by atoms with E-state index in [-0.39, 0.29) is 6.10 Å². The molecule has 1 aromatic heterocycles. The summed E-state index contributed by atoms with van der Waals surface area (Å²) in [7, 11) is 1.99. The van der Waals surface area contributed by atoms with Gasteiger partial charge in [-0.3, -0.25) is 4.68 Å². The lowest BCUT2D eigenvalue weighted by Crippen LogP contribution is -2.04. The molecule has 0 saturated heterocycles. The van der Waals surface area contributed by atoms with Crippen LogP contribution in [0.5, 0.6) is 0 Å². The Labute approximate surface area is 117 Å². The zero-order chi connectivity index (χ0) is 13.1. The molecule has 1 aliphatic carbocycles. The minimum absolute atomic E-state index is 0.264. The van der Waals surface area contributed by atoms with Crippen molar-refractivity contribution in [1.82, 2.24) is 9.78 Å². The lowest BCUT2D eigenvalue weighted by Gasteiger charge is -2.07. The predicted molar refractivity (Wildman–Crippen MR) is 76.5 cm³/mol. The van der Waals surface area contributed by atoms with Gasteiger partial charge in [-0.2, -0.15) is 5.10 Å². The van der Waals surface area contributed by atoms with Gasteiger partial charge in [0, 0.05) is 13.5 Å². The highest BCUT2D eigenvalue weighted by atomic mass is 79.9. The fraction of sp³-hybridized carbons (Fsp3) is 0.643. The van der Waals surface area contributed by atoms with Crippen LogP contribution in [0.4, 0.5) is 0 Å². The van der Waals surface area contributed by atoms with Crippen LogP contribution in [0.3, 0.4) is 0 Å². The molecule has 1 unspecified atom stereocenters. The summed E-state index contributed by atoms with van der Waals surface area (Å²) >= 11 is 3.65. The maximum Gasteiger partial charge on any atom is 0.0766 e. The Hall–Kier alpha value is -0.610. The van der Waals surface area contributed by atoms with Crippen LogP contribution in [0.15, 0.2) is 16.1 Å². The van der Waals surface area contributed by atoms with E-state index >= 15 is 0 Å². The average Bonchev–Trinajstić information content (AvgIpc) is 2.53. The third-order valence-corrected chi connectivity index (χ3v) is 4.49. The lowest BCUT2D eigenvalue weighted by molar-refractivity contribution is 0.211. The second kappa shape index (κ2) is 6.02. The Morgan fingerprint density at radius 2 is 2.28 bits per heavy atom. The van der Waals surface area contributed by atoms with Gasteiger partial charge in [0.15, 0.2) is 0 Å². The summed E-state index contributed by atoms with van der Waals surface area (Å²) in [5.41, 5.74) is 3.67. The number of aromatic nitrogens is 2. The van der Waals surface area contributed by atoms with Gasteiger partial charge in [0.1, 0.15) is 0 Å². The Balaban J connectivity index is 2.20. The number of aryl methyl sites for hydroxylation is 2. The molecule has 3 nitrogen and oxygen atoms in total.